The largest absolute Gasteiger partial charge is 1.00 e. The predicted octanol–water partition coefficient (Wildman–Crippen LogP) is 0.758. The summed E-state index contributed by atoms with van der Waals surface area (Å²) in [6.45, 7) is 0.336. The van der Waals surface area contributed by atoms with Gasteiger partial charge in [-0.25, -0.2) is 17.9 Å². The molecule has 2 aromatic carbocycles. The Kier molecular flexibility index (Phi) is 11.8. The van der Waals surface area contributed by atoms with Crippen LogP contribution in [0.25, 0.3) is 0 Å². The number of rotatable bonds is 8. The molecule has 1 saturated carbocycles. The van der Waals surface area contributed by atoms with Crippen LogP contribution in [0.1, 0.15) is 49.5 Å². The number of hydrogen-bond acceptors (Lipinski definition) is 5. The van der Waals surface area contributed by atoms with Crippen LogP contribution in [-0.4, -0.2) is 40.1 Å². The Bertz CT molecular complexity index is 1100. The third kappa shape index (κ3) is 8.51. The Morgan fingerprint density at radius 3 is 2.41 bits per heavy atom. The van der Waals surface area contributed by atoms with Gasteiger partial charge in [-0.1, -0.05) is 43.0 Å². The van der Waals surface area contributed by atoms with Crippen LogP contribution in [0.4, 0.5) is 4.79 Å². The van der Waals surface area contributed by atoms with E-state index in [1.807, 2.05) is 0 Å². The molecule has 0 atom stereocenters. The normalized spacial score (nSPS) is 13.9. The number of nitrogens with one attached hydrogen (secondary N) is 3. The zero-order valence-corrected chi connectivity index (χ0v) is 24.1. The van der Waals surface area contributed by atoms with Crippen molar-refractivity contribution in [1.29, 1.82) is 0 Å². The summed E-state index contributed by atoms with van der Waals surface area (Å²) in [7, 11) is -2.49. The number of carbonyl (C=O) groups excluding carboxylic acids is 2. The Labute approximate surface area is 249 Å². The summed E-state index contributed by atoms with van der Waals surface area (Å²) >= 11 is 5.96. The van der Waals surface area contributed by atoms with Gasteiger partial charge in [-0.15, -0.1) is 0 Å². The molecule has 180 valence electrons. The van der Waals surface area contributed by atoms with Crippen molar-refractivity contribution >= 4 is 33.6 Å². The quantitative estimate of drug-likeness (QED) is 0.434. The molecule has 0 saturated heterocycles. The smallest absolute Gasteiger partial charge is 1.00 e. The number of urea groups is 1. The molecule has 3 N–H and O–H groups in total. The first-order chi connectivity index (χ1) is 15.8. The monoisotopic (exact) mass is 533 g/mol. The number of benzene rings is 2. The summed E-state index contributed by atoms with van der Waals surface area (Å²) in [5.74, 6) is 0.105. The molecule has 0 unspecified atom stereocenters. The van der Waals surface area contributed by atoms with Crippen molar-refractivity contribution in [3.8, 4) is 5.75 Å². The molecule has 0 bridgehead atoms. The minimum atomic E-state index is -3.97. The second kappa shape index (κ2) is 13.8. The van der Waals surface area contributed by atoms with Gasteiger partial charge in [-0.05, 0) is 55.2 Å². The maximum Gasteiger partial charge on any atom is 1.00 e. The number of hydrogen-bond donors (Lipinski definition) is 3. The summed E-state index contributed by atoms with van der Waals surface area (Å²) in [6, 6.07) is 10.3. The number of ether oxygens (including phenoxy) is 1. The molecule has 0 spiro atoms. The zero-order chi connectivity index (χ0) is 23.8. The third-order valence-electron chi connectivity index (χ3n) is 5.51. The van der Waals surface area contributed by atoms with Crippen LogP contribution < -0.4 is 71.5 Å². The topological polar surface area (TPSA) is 114 Å². The van der Waals surface area contributed by atoms with Gasteiger partial charge in [0.1, 0.15) is 5.75 Å². The van der Waals surface area contributed by atoms with Gasteiger partial charge in [0.25, 0.3) is 15.9 Å². The zero-order valence-electron chi connectivity index (χ0n) is 20.4. The van der Waals surface area contributed by atoms with Crippen LogP contribution >= 0.6 is 11.6 Å². The molecule has 8 nitrogen and oxygen atoms in total. The minimum Gasteiger partial charge on any atom is -1.00 e. The van der Waals surface area contributed by atoms with Crippen molar-refractivity contribution in [2.75, 3.05) is 13.7 Å². The number of sulfonamides is 1. The van der Waals surface area contributed by atoms with Crippen LogP contribution in [0.5, 0.6) is 5.75 Å². The number of carbonyl (C=O) groups is 2. The van der Waals surface area contributed by atoms with E-state index in [1.165, 1.54) is 25.3 Å². The Morgan fingerprint density at radius 2 is 1.76 bits per heavy atom. The maximum absolute atomic E-state index is 12.5. The Balaban J connectivity index is 0.00000306. The first-order valence-electron chi connectivity index (χ1n) is 10.8. The van der Waals surface area contributed by atoms with E-state index in [4.69, 9.17) is 16.3 Å². The molecule has 3 rings (SSSR count). The van der Waals surface area contributed by atoms with Crippen LogP contribution in [0, 0.1) is 0 Å². The SMILES string of the molecule is COc1ccc(Cl)cc1C(=O)NCCc1ccc(S(=O)(=O)NC(=O)NC2CCCCC2)cc1.[H-].[K+]. The standard InChI is InChI=1S/C23H28ClN3O5S.K.H/c1-32-21-12-9-17(24)15-20(21)22(28)25-14-13-16-7-10-19(11-8-16)33(30,31)27-23(29)26-18-5-3-2-4-6-18;;/h7-12,15,18H,2-6,13-14H2,1H3,(H,25,28)(H2,26,27,29);;/q;+1;-1. The summed E-state index contributed by atoms with van der Waals surface area (Å²) in [5.41, 5.74) is 1.17. The summed E-state index contributed by atoms with van der Waals surface area (Å²) in [6.07, 6.45) is 5.43. The molecule has 0 heterocycles. The average molecular weight is 534 g/mol. The molecular weight excluding hydrogens is 505 g/mol. The molecule has 34 heavy (non-hydrogen) atoms. The van der Waals surface area contributed by atoms with Crippen LogP contribution in [-0.2, 0) is 16.4 Å². The molecule has 1 aliphatic rings. The van der Waals surface area contributed by atoms with Gasteiger partial charge in [0.2, 0.25) is 0 Å². The molecule has 0 aliphatic heterocycles. The van der Waals surface area contributed by atoms with E-state index in [-0.39, 0.29) is 69.7 Å². The first kappa shape index (κ1) is 29.1. The van der Waals surface area contributed by atoms with Crippen molar-refractivity contribution in [3.63, 3.8) is 0 Å². The van der Waals surface area contributed by atoms with E-state index in [2.05, 4.69) is 15.4 Å². The molecule has 0 aromatic heterocycles. The summed E-state index contributed by atoms with van der Waals surface area (Å²) in [4.78, 5) is 24.5. The molecule has 3 amide bonds. The van der Waals surface area contributed by atoms with Crippen LogP contribution in [0.3, 0.4) is 0 Å². The fourth-order valence-corrected chi connectivity index (χ4v) is 4.84. The molecule has 11 heteroatoms. The number of amides is 3. The maximum atomic E-state index is 12.5. The van der Waals surface area contributed by atoms with E-state index in [0.717, 1.165) is 37.7 Å². The van der Waals surface area contributed by atoms with Crippen molar-refractivity contribution in [2.24, 2.45) is 0 Å². The van der Waals surface area contributed by atoms with Gasteiger partial charge in [0.05, 0.1) is 17.6 Å². The van der Waals surface area contributed by atoms with Crippen molar-refractivity contribution < 1.29 is 75.6 Å². The van der Waals surface area contributed by atoms with E-state index in [1.54, 1.807) is 24.3 Å². The van der Waals surface area contributed by atoms with E-state index >= 15 is 0 Å². The van der Waals surface area contributed by atoms with Crippen LogP contribution in [0.15, 0.2) is 47.4 Å². The van der Waals surface area contributed by atoms with E-state index in [0.29, 0.717) is 29.3 Å². The van der Waals surface area contributed by atoms with Gasteiger partial charge >= 0.3 is 57.4 Å². The van der Waals surface area contributed by atoms with Gasteiger partial charge in [0.15, 0.2) is 0 Å². The second-order valence-electron chi connectivity index (χ2n) is 7.91. The molecule has 0 radical (unpaired) electrons. The van der Waals surface area contributed by atoms with Crippen molar-refractivity contribution in [1.82, 2.24) is 15.4 Å². The average Bonchev–Trinajstić information content (AvgIpc) is 2.79. The second-order valence-corrected chi connectivity index (χ2v) is 10.0. The molecule has 2 aromatic rings. The Morgan fingerprint density at radius 1 is 1.09 bits per heavy atom. The van der Waals surface area contributed by atoms with Crippen molar-refractivity contribution in [2.45, 2.75) is 49.5 Å². The third-order valence-corrected chi connectivity index (χ3v) is 7.09. The van der Waals surface area contributed by atoms with E-state index < -0.39 is 16.1 Å². The molecule has 1 aliphatic carbocycles. The predicted molar refractivity (Wildman–Crippen MR) is 127 cm³/mol. The van der Waals surface area contributed by atoms with Crippen LogP contribution in [0.2, 0.25) is 5.02 Å². The van der Waals surface area contributed by atoms with Gasteiger partial charge in [0, 0.05) is 17.6 Å². The van der Waals surface area contributed by atoms with E-state index in [9.17, 15) is 18.0 Å². The fourth-order valence-electron chi connectivity index (χ4n) is 3.75. The molecule has 1 fully saturated rings. The van der Waals surface area contributed by atoms with Gasteiger partial charge in [-0.2, -0.15) is 0 Å². The van der Waals surface area contributed by atoms with Gasteiger partial charge in [-0.3, -0.25) is 4.79 Å². The minimum absolute atomic E-state index is 0. The summed E-state index contributed by atoms with van der Waals surface area (Å²) in [5, 5.41) is 5.96. The Hall–Kier alpha value is -1.14. The summed E-state index contributed by atoms with van der Waals surface area (Å²) < 4.78 is 32.2. The van der Waals surface area contributed by atoms with Crippen molar-refractivity contribution in [3.05, 3.63) is 58.6 Å². The first-order valence-corrected chi connectivity index (χ1v) is 12.7. The number of methoxy groups -OCH3 is 1. The fraction of sp³-hybridized carbons (Fsp3) is 0.391. The van der Waals surface area contributed by atoms with Gasteiger partial charge < -0.3 is 16.8 Å². The number of halogens is 1. The molecular formula is C23H29ClKN3O5S.